The van der Waals surface area contributed by atoms with Crippen molar-refractivity contribution in [1.29, 1.82) is 0 Å². The first-order chi connectivity index (χ1) is 18.8. The van der Waals surface area contributed by atoms with Gasteiger partial charge in [0.15, 0.2) is 0 Å². The normalized spacial score (nSPS) is 27.8. The van der Waals surface area contributed by atoms with Crippen LogP contribution in [0.4, 0.5) is 26.3 Å². The summed E-state index contributed by atoms with van der Waals surface area (Å²) in [4.78, 5) is 26.7. The van der Waals surface area contributed by atoms with E-state index in [-0.39, 0.29) is 59.8 Å². The minimum absolute atomic E-state index is 0.00731. The summed E-state index contributed by atoms with van der Waals surface area (Å²) < 4.78 is 87.2. The van der Waals surface area contributed by atoms with E-state index in [4.69, 9.17) is 4.74 Å². The molecule has 3 fully saturated rings. The Morgan fingerprint density at radius 2 is 1.62 bits per heavy atom. The molecule has 1 amide bonds. The molecule has 40 heavy (non-hydrogen) atoms. The second-order valence-electron chi connectivity index (χ2n) is 11.3. The Morgan fingerprint density at radius 1 is 0.900 bits per heavy atom. The number of halogens is 6. The molecule has 0 aromatic heterocycles. The molecule has 3 aliphatic rings. The Bertz CT molecular complexity index is 1270. The number of hydrogen-bond donors (Lipinski definition) is 1. The van der Waals surface area contributed by atoms with Gasteiger partial charge in [-0.05, 0) is 85.8 Å². The minimum atomic E-state index is -4.79. The zero-order chi connectivity index (χ0) is 28.8. The zero-order valence-corrected chi connectivity index (χ0v) is 21.7. The van der Waals surface area contributed by atoms with E-state index in [1.165, 1.54) is 30.3 Å². The summed E-state index contributed by atoms with van der Waals surface area (Å²) >= 11 is 0. The summed E-state index contributed by atoms with van der Waals surface area (Å²) in [6.07, 6.45) is -7.21. The maximum absolute atomic E-state index is 14.2. The fourth-order valence-electron chi connectivity index (χ4n) is 6.85. The number of aliphatic carboxylic acids is 1. The molecule has 11 heteroatoms. The standard InChI is InChI=1S/C29H31F6NO4/c30-28(31,32)19-6-8-20(9-7-19)40-24-11-5-17-14-18(4-10-21(17)25(24)29(33,34)35)26(37)36-13-12-16-2-1-3-22(27(38)39)23(16)15-36/h4-5,10-11,14,16,19-20,22-23H,1-3,6-9,12-13,15H2,(H,38,39). The number of hydrogen-bond acceptors (Lipinski definition) is 3. The summed E-state index contributed by atoms with van der Waals surface area (Å²) in [5, 5.41) is 9.67. The van der Waals surface area contributed by atoms with Gasteiger partial charge in [-0.2, -0.15) is 26.3 Å². The monoisotopic (exact) mass is 571 g/mol. The van der Waals surface area contributed by atoms with Crippen LogP contribution in [0.5, 0.6) is 5.75 Å². The third-order valence-corrected chi connectivity index (χ3v) is 8.96. The van der Waals surface area contributed by atoms with Crippen LogP contribution in [0.1, 0.15) is 67.3 Å². The number of carbonyl (C=O) groups excluding carboxylic acids is 1. The van der Waals surface area contributed by atoms with Gasteiger partial charge in [0, 0.05) is 18.7 Å². The molecule has 2 aromatic rings. The van der Waals surface area contributed by atoms with Crippen molar-refractivity contribution in [3.8, 4) is 5.75 Å². The van der Waals surface area contributed by atoms with Crippen LogP contribution >= 0.6 is 0 Å². The maximum atomic E-state index is 14.2. The molecule has 1 heterocycles. The molecule has 1 saturated heterocycles. The molecule has 3 unspecified atom stereocenters. The van der Waals surface area contributed by atoms with E-state index in [2.05, 4.69) is 0 Å². The molecule has 5 rings (SSSR count). The van der Waals surface area contributed by atoms with Gasteiger partial charge >= 0.3 is 18.3 Å². The van der Waals surface area contributed by atoms with Gasteiger partial charge in [0.05, 0.1) is 17.9 Å². The first-order valence-corrected chi connectivity index (χ1v) is 13.7. The lowest BCUT2D eigenvalue weighted by Gasteiger charge is -2.44. The Kier molecular flexibility index (Phi) is 7.69. The number of carboxylic acid groups (broad SMARTS) is 1. The quantitative estimate of drug-likeness (QED) is 0.391. The molecule has 3 atom stereocenters. The fraction of sp³-hybridized carbons (Fsp3) is 0.586. The fourth-order valence-corrected chi connectivity index (χ4v) is 6.85. The van der Waals surface area contributed by atoms with E-state index < -0.39 is 47.6 Å². The molecular weight excluding hydrogens is 540 g/mol. The smallest absolute Gasteiger partial charge is 0.420 e. The Labute approximate surface area is 227 Å². The highest BCUT2D eigenvalue weighted by atomic mass is 19.4. The molecule has 5 nitrogen and oxygen atoms in total. The second kappa shape index (κ2) is 10.8. The van der Waals surface area contributed by atoms with Crippen molar-refractivity contribution >= 4 is 22.6 Å². The Morgan fingerprint density at radius 3 is 2.27 bits per heavy atom. The van der Waals surface area contributed by atoms with E-state index >= 15 is 0 Å². The number of alkyl halides is 6. The number of rotatable bonds is 4. The number of piperidine rings is 1. The van der Waals surface area contributed by atoms with Gasteiger partial charge in [-0.3, -0.25) is 9.59 Å². The van der Waals surface area contributed by atoms with E-state index in [0.29, 0.717) is 25.9 Å². The lowest BCUT2D eigenvalue weighted by molar-refractivity contribution is -0.185. The number of benzene rings is 2. The predicted molar refractivity (Wildman–Crippen MR) is 134 cm³/mol. The molecule has 0 spiro atoms. The van der Waals surface area contributed by atoms with Crippen molar-refractivity contribution in [1.82, 2.24) is 4.90 Å². The lowest BCUT2D eigenvalue weighted by atomic mass is 9.69. The molecule has 2 aliphatic carbocycles. The highest BCUT2D eigenvalue weighted by Crippen LogP contribution is 2.45. The summed E-state index contributed by atoms with van der Waals surface area (Å²) in [5.74, 6) is -3.54. The summed E-state index contributed by atoms with van der Waals surface area (Å²) in [6.45, 7) is 0.761. The number of carboxylic acids is 1. The topological polar surface area (TPSA) is 66.8 Å². The van der Waals surface area contributed by atoms with Crippen molar-refractivity contribution in [2.75, 3.05) is 13.1 Å². The van der Waals surface area contributed by atoms with E-state index in [1.54, 1.807) is 4.90 Å². The number of amides is 1. The molecular formula is C29H31F6NO4. The Balaban J connectivity index is 1.36. The molecule has 0 bridgehead atoms. The van der Waals surface area contributed by atoms with E-state index in [0.717, 1.165) is 12.8 Å². The molecule has 2 saturated carbocycles. The molecule has 1 N–H and O–H groups in total. The largest absolute Gasteiger partial charge is 0.490 e. The van der Waals surface area contributed by atoms with Gasteiger partial charge in [-0.15, -0.1) is 0 Å². The second-order valence-corrected chi connectivity index (χ2v) is 11.3. The van der Waals surface area contributed by atoms with Crippen LogP contribution in [0.2, 0.25) is 0 Å². The van der Waals surface area contributed by atoms with Gasteiger partial charge in [0.25, 0.3) is 5.91 Å². The number of fused-ring (bicyclic) bond motifs is 2. The van der Waals surface area contributed by atoms with Crippen molar-refractivity contribution in [3.05, 3.63) is 41.5 Å². The molecule has 218 valence electrons. The molecule has 1 aliphatic heterocycles. The van der Waals surface area contributed by atoms with Gasteiger partial charge in [0.1, 0.15) is 11.3 Å². The molecule has 2 aromatic carbocycles. The third kappa shape index (κ3) is 5.74. The maximum Gasteiger partial charge on any atom is 0.420 e. The third-order valence-electron chi connectivity index (χ3n) is 8.96. The average molecular weight is 572 g/mol. The summed E-state index contributed by atoms with van der Waals surface area (Å²) in [7, 11) is 0. The zero-order valence-electron chi connectivity index (χ0n) is 21.7. The van der Waals surface area contributed by atoms with Crippen molar-refractivity contribution in [2.24, 2.45) is 23.7 Å². The predicted octanol–water partition coefficient (Wildman–Crippen LogP) is 7.32. The highest BCUT2D eigenvalue weighted by Gasteiger charge is 2.44. The number of carbonyl (C=O) groups is 2. The van der Waals surface area contributed by atoms with Crippen LogP contribution < -0.4 is 4.74 Å². The van der Waals surface area contributed by atoms with E-state index in [1.807, 2.05) is 0 Å². The molecule has 0 radical (unpaired) electrons. The van der Waals surface area contributed by atoms with E-state index in [9.17, 15) is 41.0 Å². The van der Waals surface area contributed by atoms with Crippen LogP contribution in [-0.4, -0.2) is 47.3 Å². The summed E-state index contributed by atoms with van der Waals surface area (Å²) in [6, 6.07) is 6.55. The van der Waals surface area contributed by atoms with Gasteiger partial charge in [0.2, 0.25) is 0 Å². The number of ether oxygens (including phenoxy) is 1. The first kappa shape index (κ1) is 28.5. The number of likely N-dealkylation sites (tertiary alicyclic amines) is 1. The highest BCUT2D eigenvalue weighted by molar-refractivity contribution is 6.00. The van der Waals surface area contributed by atoms with Crippen LogP contribution in [0.15, 0.2) is 30.3 Å². The van der Waals surface area contributed by atoms with Crippen LogP contribution in [0.25, 0.3) is 10.8 Å². The summed E-state index contributed by atoms with van der Waals surface area (Å²) in [5.41, 5.74) is -0.810. The van der Waals surface area contributed by atoms with Gasteiger partial charge in [-0.1, -0.05) is 18.6 Å². The Hall–Kier alpha value is -2.98. The van der Waals surface area contributed by atoms with Crippen molar-refractivity contribution < 1.29 is 45.8 Å². The van der Waals surface area contributed by atoms with Gasteiger partial charge < -0.3 is 14.7 Å². The van der Waals surface area contributed by atoms with Gasteiger partial charge in [-0.25, -0.2) is 0 Å². The average Bonchev–Trinajstić information content (AvgIpc) is 2.90. The SMILES string of the molecule is O=C(O)C1CCCC2CCN(C(=O)c3ccc4c(C(F)(F)F)c(OC5CCC(C(F)(F)F)CC5)ccc4c3)CC21. The van der Waals surface area contributed by atoms with Crippen molar-refractivity contribution in [3.63, 3.8) is 0 Å². The van der Waals surface area contributed by atoms with Crippen LogP contribution in [0.3, 0.4) is 0 Å². The van der Waals surface area contributed by atoms with Crippen molar-refractivity contribution in [2.45, 2.75) is 69.8 Å². The first-order valence-electron chi connectivity index (χ1n) is 13.7. The minimum Gasteiger partial charge on any atom is -0.490 e. The number of nitrogens with zero attached hydrogens (tertiary/aromatic N) is 1. The lowest BCUT2D eigenvalue weighted by Crippen LogP contribution is -2.49. The van der Waals surface area contributed by atoms with Crippen LogP contribution in [0, 0.1) is 23.7 Å². The van der Waals surface area contributed by atoms with Crippen LogP contribution in [-0.2, 0) is 11.0 Å².